The van der Waals surface area contributed by atoms with Crippen LogP contribution in [0.15, 0.2) is 29.3 Å². The third-order valence-corrected chi connectivity index (χ3v) is 7.85. The zero-order valence-corrected chi connectivity index (χ0v) is 21.8. The van der Waals surface area contributed by atoms with E-state index in [1.165, 1.54) is 18.3 Å². The van der Waals surface area contributed by atoms with Crippen molar-refractivity contribution in [1.82, 2.24) is 14.9 Å². The van der Waals surface area contributed by atoms with Gasteiger partial charge in [0, 0.05) is 63.0 Å². The number of aromatic nitrogens is 2. The van der Waals surface area contributed by atoms with Crippen LogP contribution < -0.4 is 9.80 Å². The second kappa shape index (κ2) is 10.7. The molecule has 0 bridgehead atoms. The molecular weight excluding hydrogens is 514 g/mol. The van der Waals surface area contributed by atoms with E-state index in [0.29, 0.717) is 51.6 Å². The molecule has 0 aliphatic carbocycles. The molecule has 2 aromatic rings. The Morgan fingerprint density at radius 3 is 2.46 bits per heavy atom. The van der Waals surface area contributed by atoms with Gasteiger partial charge in [0.2, 0.25) is 5.95 Å². The van der Waals surface area contributed by atoms with Crippen LogP contribution in [0.1, 0.15) is 25.1 Å². The van der Waals surface area contributed by atoms with E-state index >= 15 is 0 Å². The number of halogens is 4. The zero-order chi connectivity index (χ0) is 27.0. The van der Waals surface area contributed by atoms with Gasteiger partial charge in [0.05, 0.1) is 19.3 Å². The monoisotopic (exact) mass is 545 g/mol. The summed E-state index contributed by atoms with van der Waals surface area (Å²) in [4.78, 5) is 13.5. The van der Waals surface area contributed by atoms with Crippen LogP contribution in [0, 0.1) is 11.7 Å². The molecule has 2 fully saturated rings. The Balaban J connectivity index is 1.60. The molecule has 2 aliphatic heterocycles. The van der Waals surface area contributed by atoms with Crippen molar-refractivity contribution in [2.75, 3.05) is 62.0 Å². The molecule has 1 atom stereocenters. The van der Waals surface area contributed by atoms with Crippen LogP contribution in [0.3, 0.4) is 0 Å². The number of morpholine rings is 1. The predicted octanol–water partition coefficient (Wildman–Crippen LogP) is 3.22. The van der Waals surface area contributed by atoms with Gasteiger partial charge in [-0.15, -0.1) is 0 Å². The SMILES string of the molecule is CC(C)[C@@H]1CN(c2ccc(F)c(S(C)(=O)=O)c2)CCN1c1ncc(CN2CCOCC2)c(C(F)(F)F)n1. The molecular formula is C24H31F4N5O3S. The first-order valence-corrected chi connectivity index (χ1v) is 14.0. The Kier molecular flexibility index (Phi) is 7.96. The molecule has 1 aromatic carbocycles. The highest BCUT2D eigenvalue weighted by atomic mass is 32.2. The van der Waals surface area contributed by atoms with Crippen molar-refractivity contribution in [2.24, 2.45) is 5.92 Å². The number of anilines is 2. The van der Waals surface area contributed by atoms with Gasteiger partial charge in [-0.05, 0) is 24.1 Å². The molecule has 3 heterocycles. The average Bonchev–Trinajstić information content (AvgIpc) is 2.83. The van der Waals surface area contributed by atoms with Crippen molar-refractivity contribution in [3.8, 4) is 0 Å². The van der Waals surface area contributed by atoms with Gasteiger partial charge in [0.15, 0.2) is 15.5 Å². The molecule has 0 N–H and O–H groups in total. The first-order chi connectivity index (χ1) is 17.3. The zero-order valence-electron chi connectivity index (χ0n) is 21.0. The fourth-order valence-electron chi connectivity index (χ4n) is 4.73. The standard InChI is InChI=1S/C24H31F4N5O3S/c1-16(2)20-15-32(18-4-5-19(25)21(12-18)37(3,34)35)6-7-33(20)23-29-13-17(22(30-23)24(26,27)28)14-31-8-10-36-11-9-31/h4-5,12-13,16,20H,6-11,14-15H2,1-3H3/t20-/m0/s1. The summed E-state index contributed by atoms with van der Waals surface area (Å²) in [5.41, 5.74) is -0.382. The number of nitrogens with zero attached hydrogens (tertiary/aromatic N) is 5. The number of rotatable bonds is 6. The fraction of sp³-hybridized carbons (Fsp3) is 0.583. The van der Waals surface area contributed by atoms with E-state index in [9.17, 15) is 26.0 Å². The number of alkyl halides is 3. The maximum Gasteiger partial charge on any atom is 0.433 e. The van der Waals surface area contributed by atoms with Crippen LogP contribution in [0.4, 0.5) is 29.2 Å². The van der Waals surface area contributed by atoms with Gasteiger partial charge < -0.3 is 14.5 Å². The lowest BCUT2D eigenvalue weighted by Gasteiger charge is -2.44. The lowest BCUT2D eigenvalue weighted by atomic mass is 9.99. The Morgan fingerprint density at radius 1 is 1.14 bits per heavy atom. The fourth-order valence-corrected chi connectivity index (χ4v) is 5.49. The van der Waals surface area contributed by atoms with Gasteiger partial charge in [-0.25, -0.2) is 22.8 Å². The summed E-state index contributed by atoms with van der Waals surface area (Å²) in [6.07, 6.45) is -2.42. The number of sulfone groups is 1. The quantitative estimate of drug-likeness (QED) is 0.513. The number of benzene rings is 1. The molecule has 0 spiro atoms. The molecule has 0 saturated carbocycles. The van der Waals surface area contributed by atoms with Crippen LogP contribution in [-0.4, -0.2) is 81.5 Å². The second-order valence-corrected chi connectivity index (χ2v) is 11.8. The van der Waals surface area contributed by atoms with E-state index < -0.39 is 27.5 Å². The summed E-state index contributed by atoms with van der Waals surface area (Å²) in [5, 5.41) is 0. The maximum absolute atomic E-state index is 14.1. The molecule has 204 valence electrons. The van der Waals surface area contributed by atoms with Gasteiger partial charge in [-0.1, -0.05) is 13.8 Å². The highest BCUT2D eigenvalue weighted by molar-refractivity contribution is 7.90. The van der Waals surface area contributed by atoms with Crippen LogP contribution in [0.5, 0.6) is 0 Å². The van der Waals surface area contributed by atoms with Crippen LogP contribution in [-0.2, 0) is 27.3 Å². The first-order valence-electron chi connectivity index (χ1n) is 12.1. The van der Waals surface area contributed by atoms with Crippen LogP contribution >= 0.6 is 0 Å². The Labute approximate surface area is 214 Å². The van der Waals surface area contributed by atoms with Crippen molar-refractivity contribution >= 4 is 21.5 Å². The normalized spacial score (nSPS) is 20.1. The maximum atomic E-state index is 14.1. The molecule has 0 unspecified atom stereocenters. The van der Waals surface area contributed by atoms with Gasteiger partial charge in [0.25, 0.3) is 0 Å². The van der Waals surface area contributed by atoms with E-state index in [0.717, 1.165) is 12.3 Å². The average molecular weight is 546 g/mol. The van der Waals surface area contributed by atoms with E-state index in [4.69, 9.17) is 4.74 Å². The Hall–Kier alpha value is -2.51. The molecule has 37 heavy (non-hydrogen) atoms. The lowest BCUT2D eigenvalue weighted by Crippen LogP contribution is -2.56. The number of hydrogen-bond donors (Lipinski definition) is 0. The highest BCUT2D eigenvalue weighted by Crippen LogP contribution is 2.34. The third-order valence-electron chi connectivity index (χ3n) is 6.74. The molecule has 13 heteroatoms. The van der Waals surface area contributed by atoms with Crippen molar-refractivity contribution in [1.29, 1.82) is 0 Å². The summed E-state index contributed by atoms with van der Waals surface area (Å²) in [6.45, 7) is 7.09. The molecule has 2 saturated heterocycles. The third kappa shape index (κ3) is 6.32. The number of piperazine rings is 1. The Bertz CT molecular complexity index is 1220. The molecule has 1 aromatic heterocycles. The van der Waals surface area contributed by atoms with Gasteiger partial charge in [-0.3, -0.25) is 4.90 Å². The van der Waals surface area contributed by atoms with Crippen LogP contribution in [0.2, 0.25) is 0 Å². The summed E-state index contributed by atoms with van der Waals surface area (Å²) >= 11 is 0. The molecule has 0 amide bonds. The van der Waals surface area contributed by atoms with E-state index in [1.54, 1.807) is 4.90 Å². The summed E-state index contributed by atoms with van der Waals surface area (Å²) < 4.78 is 85.4. The molecule has 8 nitrogen and oxygen atoms in total. The van der Waals surface area contributed by atoms with Crippen molar-refractivity contribution < 1.29 is 30.7 Å². The largest absolute Gasteiger partial charge is 0.433 e. The van der Waals surface area contributed by atoms with Gasteiger partial charge in [-0.2, -0.15) is 13.2 Å². The highest BCUT2D eigenvalue weighted by Gasteiger charge is 2.38. The second-order valence-electron chi connectivity index (χ2n) is 9.77. The molecule has 4 rings (SSSR count). The van der Waals surface area contributed by atoms with E-state index in [2.05, 4.69) is 9.97 Å². The number of ether oxygens (including phenoxy) is 1. The minimum atomic E-state index is -4.63. The summed E-state index contributed by atoms with van der Waals surface area (Å²) in [6, 6.07) is 3.67. The van der Waals surface area contributed by atoms with Gasteiger partial charge in [0.1, 0.15) is 10.7 Å². The van der Waals surface area contributed by atoms with Crippen molar-refractivity contribution in [3.63, 3.8) is 0 Å². The molecule has 0 radical (unpaired) electrons. The first kappa shape index (κ1) is 27.5. The van der Waals surface area contributed by atoms with E-state index in [1.807, 2.05) is 23.6 Å². The predicted molar refractivity (Wildman–Crippen MR) is 131 cm³/mol. The smallest absolute Gasteiger partial charge is 0.379 e. The topological polar surface area (TPSA) is 78.9 Å². The minimum absolute atomic E-state index is 0.00679. The minimum Gasteiger partial charge on any atom is -0.379 e. The Morgan fingerprint density at radius 2 is 1.84 bits per heavy atom. The van der Waals surface area contributed by atoms with Crippen molar-refractivity contribution in [3.05, 3.63) is 41.5 Å². The van der Waals surface area contributed by atoms with Crippen LogP contribution in [0.25, 0.3) is 0 Å². The summed E-state index contributed by atoms with van der Waals surface area (Å²) in [5.74, 6) is -0.800. The summed E-state index contributed by atoms with van der Waals surface area (Å²) in [7, 11) is -3.76. The van der Waals surface area contributed by atoms with E-state index in [-0.39, 0.29) is 34.9 Å². The van der Waals surface area contributed by atoms with Gasteiger partial charge >= 0.3 is 6.18 Å². The molecule has 2 aliphatic rings. The lowest BCUT2D eigenvalue weighted by molar-refractivity contribution is -0.142. The van der Waals surface area contributed by atoms with Crippen molar-refractivity contribution in [2.45, 2.75) is 37.5 Å². The number of hydrogen-bond acceptors (Lipinski definition) is 8.